The predicted octanol–water partition coefficient (Wildman–Crippen LogP) is 4.37. The Labute approximate surface area is 176 Å². The number of pyridine rings is 1. The number of nitrogens with zero attached hydrogens (tertiary/aromatic N) is 1. The van der Waals surface area contributed by atoms with Gasteiger partial charge in [0.2, 0.25) is 0 Å². The summed E-state index contributed by atoms with van der Waals surface area (Å²) in [5.41, 5.74) is 2.21. The number of benzene rings is 1. The SMILES string of the molecule is C#CC(C(=O)Oc1c(-c2ccc(F)cc2)cc(C)nc1C(C)C)(C(C)O)[P+](=O)OC. The Morgan fingerprint density at radius 1 is 1.30 bits per heavy atom. The van der Waals surface area contributed by atoms with Crippen LogP contribution >= 0.6 is 8.03 Å². The Balaban J connectivity index is 2.70. The molecule has 0 aliphatic carbocycles. The average molecular weight is 432 g/mol. The third kappa shape index (κ3) is 4.41. The third-order valence-corrected chi connectivity index (χ3v) is 6.21. The highest BCUT2D eigenvalue weighted by molar-refractivity contribution is 7.43. The molecule has 158 valence electrons. The average Bonchev–Trinajstić information content (AvgIpc) is 2.69. The van der Waals surface area contributed by atoms with Crippen molar-refractivity contribution >= 4 is 14.0 Å². The summed E-state index contributed by atoms with van der Waals surface area (Å²) < 4.78 is 36.4. The van der Waals surface area contributed by atoms with Crippen molar-refractivity contribution in [1.82, 2.24) is 4.98 Å². The normalized spacial score (nSPS) is 14.6. The van der Waals surface area contributed by atoms with E-state index in [-0.39, 0.29) is 11.7 Å². The molecule has 30 heavy (non-hydrogen) atoms. The van der Waals surface area contributed by atoms with Crippen molar-refractivity contribution in [3.8, 4) is 29.2 Å². The van der Waals surface area contributed by atoms with Crippen LogP contribution in [0.25, 0.3) is 11.1 Å². The summed E-state index contributed by atoms with van der Waals surface area (Å²) in [6.45, 7) is 6.76. The molecule has 0 aliphatic heterocycles. The Morgan fingerprint density at radius 2 is 1.90 bits per heavy atom. The predicted molar refractivity (Wildman–Crippen MR) is 112 cm³/mol. The van der Waals surface area contributed by atoms with Gasteiger partial charge in [-0.25, -0.2) is 9.18 Å². The number of aliphatic hydroxyl groups excluding tert-OH is 1. The van der Waals surface area contributed by atoms with Crippen molar-refractivity contribution in [2.45, 2.75) is 44.9 Å². The molecule has 6 nitrogen and oxygen atoms in total. The maximum atomic E-state index is 13.4. The number of aromatic nitrogens is 1. The lowest BCUT2D eigenvalue weighted by molar-refractivity contribution is -0.138. The molecule has 0 bridgehead atoms. The zero-order chi connectivity index (χ0) is 22.6. The molecule has 1 aromatic carbocycles. The minimum Gasteiger partial charge on any atom is -0.419 e. The van der Waals surface area contributed by atoms with Gasteiger partial charge in [0, 0.05) is 11.3 Å². The van der Waals surface area contributed by atoms with E-state index in [4.69, 9.17) is 15.7 Å². The molecule has 1 aromatic heterocycles. The molecule has 0 amide bonds. The number of terminal acetylenes is 1. The van der Waals surface area contributed by atoms with Crippen LogP contribution in [-0.2, 0) is 13.9 Å². The molecular weight excluding hydrogens is 408 g/mol. The van der Waals surface area contributed by atoms with E-state index < -0.39 is 31.1 Å². The van der Waals surface area contributed by atoms with Crippen molar-refractivity contribution in [1.29, 1.82) is 0 Å². The van der Waals surface area contributed by atoms with Gasteiger partial charge in [0.15, 0.2) is 5.75 Å². The van der Waals surface area contributed by atoms with Crippen LogP contribution in [0.3, 0.4) is 0 Å². The van der Waals surface area contributed by atoms with Crippen LogP contribution in [0.1, 0.15) is 38.1 Å². The largest absolute Gasteiger partial charge is 0.542 e. The summed E-state index contributed by atoms with van der Waals surface area (Å²) in [6.07, 6.45) is 3.99. The number of esters is 1. The fourth-order valence-electron chi connectivity index (χ4n) is 2.97. The molecule has 0 spiro atoms. The molecule has 0 radical (unpaired) electrons. The number of hydrogen-bond acceptors (Lipinski definition) is 6. The van der Waals surface area contributed by atoms with Crippen molar-refractivity contribution in [2.24, 2.45) is 0 Å². The number of aliphatic hydroxyl groups is 1. The summed E-state index contributed by atoms with van der Waals surface area (Å²) in [5.74, 6) is 0.559. The first-order chi connectivity index (χ1) is 14.1. The van der Waals surface area contributed by atoms with Gasteiger partial charge >= 0.3 is 19.2 Å². The van der Waals surface area contributed by atoms with Crippen LogP contribution in [0.5, 0.6) is 5.75 Å². The first kappa shape index (κ1) is 23.6. The number of carbonyl (C=O) groups excluding carboxylic acids is 1. The van der Waals surface area contributed by atoms with E-state index in [0.29, 0.717) is 22.5 Å². The van der Waals surface area contributed by atoms with Gasteiger partial charge in [-0.1, -0.05) is 26.0 Å². The zero-order valence-corrected chi connectivity index (χ0v) is 18.4. The fraction of sp³-hybridized carbons (Fsp3) is 0.364. The smallest absolute Gasteiger partial charge is 0.419 e. The number of hydrogen-bond donors (Lipinski definition) is 1. The molecule has 3 atom stereocenters. The number of carbonyl (C=O) groups is 1. The molecule has 0 saturated heterocycles. The van der Waals surface area contributed by atoms with E-state index in [1.807, 2.05) is 13.8 Å². The first-order valence-corrected chi connectivity index (χ1v) is 10.4. The van der Waals surface area contributed by atoms with Crippen LogP contribution in [0.2, 0.25) is 0 Å². The van der Waals surface area contributed by atoms with Gasteiger partial charge in [-0.2, -0.15) is 0 Å². The molecule has 3 unspecified atom stereocenters. The summed E-state index contributed by atoms with van der Waals surface area (Å²) in [4.78, 5) is 17.6. The van der Waals surface area contributed by atoms with Crippen molar-refractivity contribution in [3.05, 3.63) is 47.5 Å². The van der Waals surface area contributed by atoms with E-state index in [2.05, 4.69) is 10.9 Å². The zero-order valence-electron chi connectivity index (χ0n) is 17.5. The Morgan fingerprint density at radius 3 is 2.37 bits per heavy atom. The standard InChI is InChI=1S/C22H24FNO5P/c1-7-22(15(5)25,30(27)28-6)21(26)29-20-18(16-8-10-17(23)11-9-16)12-14(4)24-19(20)13(2)3/h1,8-13,15,25H,2-6H3/q+1. The Hall–Kier alpha value is -2.65. The van der Waals surface area contributed by atoms with Gasteiger partial charge in [0.25, 0.3) is 0 Å². The van der Waals surface area contributed by atoms with Crippen LogP contribution in [-0.4, -0.2) is 34.4 Å². The highest BCUT2D eigenvalue weighted by Crippen LogP contribution is 2.44. The minimum atomic E-state index is -2.78. The lowest BCUT2D eigenvalue weighted by Crippen LogP contribution is -2.46. The summed E-state index contributed by atoms with van der Waals surface area (Å²) in [5, 5.41) is 7.98. The molecule has 8 heteroatoms. The maximum Gasteiger partial charge on any atom is 0.542 e. The summed E-state index contributed by atoms with van der Waals surface area (Å²) in [7, 11) is -1.66. The summed E-state index contributed by atoms with van der Waals surface area (Å²) >= 11 is 0. The Kier molecular flexibility index (Phi) is 7.44. The second-order valence-corrected chi connectivity index (χ2v) is 8.69. The van der Waals surface area contributed by atoms with Crippen molar-refractivity contribution in [2.75, 3.05) is 7.11 Å². The van der Waals surface area contributed by atoms with Gasteiger partial charge in [0.05, 0.1) is 12.8 Å². The number of halogens is 1. The molecule has 0 aliphatic rings. The number of aryl methyl sites for hydroxylation is 1. The first-order valence-electron chi connectivity index (χ1n) is 9.25. The lowest BCUT2D eigenvalue weighted by atomic mass is 9.98. The molecule has 1 N–H and O–H groups in total. The molecule has 0 saturated carbocycles. The maximum absolute atomic E-state index is 13.4. The van der Waals surface area contributed by atoms with Crippen LogP contribution in [0.15, 0.2) is 30.3 Å². The van der Waals surface area contributed by atoms with Crippen LogP contribution in [0, 0.1) is 25.1 Å². The fourth-order valence-corrected chi connectivity index (χ4v) is 3.87. The van der Waals surface area contributed by atoms with Gasteiger partial charge in [-0.05, 0) is 54.0 Å². The topological polar surface area (TPSA) is 85.7 Å². The third-order valence-electron chi connectivity index (χ3n) is 4.61. The second-order valence-electron chi connectivity index (χ2n) is 7.10. The van der Waals surface area contributed by atoms with E-state index in [0.717, 1.165) is 7.11 Å². The van der Waals surface area contributed by atoms with E-state index in [1.165, 1.54) is 19.1 Å². The van der Waals surface area contributed by atoms with Gasteiger partial charge in [0.1, 0.15) is 11.9 Å². The summed E-state index contributed by atoms with van der Waals surface area (Å²) in [6, 6.07) is 7.36. The lowest BCUT2D eigenvalue weighted by Gasteiger charge is -2.21. The molecule has 2 aromatic rings. The minimum absolute atomic E-state index is 0.104. The monoisotopic (exact) mass is 432 g/mol. The molecular formula is C22H24FNO5P+. The number of ether oxygens (including phenoxy) is 1. The van der Waals surface area contributed by atoms with E-state index in [9.17, 15) is 18.9 Å². The Bertz CT molecular complexity index is 998. The van der Waals surface area contributed by atoms with Gasteiger partial charge < -0.3 is 9.84 Å². The second kappa shape index (κ2) is 9.44. The highest BCUT2D eigenvalue weighted by atomic mass is 31.1. The van der Waals surface area contributed by atoms with Crippen LogP contribution < -0.4 is 4.74 Å². The highest BCUT2D eigenvalue weighted by Gasteiger charge is 2.63. The quantitative estimate of drug-likeness (QED) is 0.397. The van der Waals surface area contributed by atoms with Crippen LogP contribution in [0.4, 0.5) is 4.39 Å². The van der Waals surface area contributed by atoms with Crippen molar-refractivity contribution in [3.63, 3.8) is 0 Å². The van der Waals surface area contributed by atoms with Crippen molar-refractivity contribution < 1.29 is 28.1 Å². The van der Waals surface area contributed by atoms with E-state index >= 15 is 0 Å². The van der Waals surface area contributed by atoms with Gasteiger partial charge in [-0.3, -0.25) is 4.98 Å². The van der Waals surface area contributed by atoms with E-state index in [1.54, 1.807) is 25.1 Å². The van der Waals surface area contributed by atoms with Gasteiger partial charge in [-0.15, -0.1) is 10.9 Å². The number of rotatable bonds is 7. The molecule has 1 heterocycles. The molecule has 0 fully saturated rings. The molecule has 2 rings (SSSR count).